The van der Waals surface area contributed by atoms with Gasteiger partial charge in [-0.25, -0.2) is 25.4 Å². The van der Waals surface area contributed by atoms with E-state index in [2.05, 4.69) is 0 Å². The summed E-state index contributed by atoms with van der Waals surface area (Å²) in [5.74, 6) is -0.394. The molecule has 0 saturated heterocycles. The van der Waals surface area contributed by atoms with Crippen LogP contribution in [0.3, 0.4) is 0 Å². The first-order valence-electron chi connectivity index (χ1n) is 14.6. The molecule has 0 atom stereocenters. The quantitative estimate of drug-likeness (QED) is 0.310. The molecule has 0 saturated carbocycles. The van der Waals surface area contributed by atoms with Crippen LogP contribution in [0.2, 0.25) is 0 Å². The number of carbonyl (C=O) groups is 2. The molecule has 0 radical (unpaired) electrons. The van der Waals surface area contributed by atoms with E-state index in [0.717, 1.165) is 44.1 Å². The van der Waals surface area contributed by atoms with Crippen molar-refractivity contribution in [3.63, 3.8) is 0 Å². The van der Waals surface area contributed by atoms with Crippen LogP contribution in [-0.4, -0.2) is 49.0 Å². The SMILES string of the molecule is CC1(C)CCCC2=C1C(=O)N(CSc1ccccc1)S2(=O)=O.CC1(C)CCCC2=C1C(=O)N(CSc1ccccc1)S2(=O)=O. The highest BCUT2D eigenvalue weighted by Gasteiger charge is 2.51. The average molecular weight is 675 g/mol. The Morgan fingerprint density at radius 1 is 0.614 bits per heavy atom. The Balaban J connectivity index is 0.000000175. The van der Waals surface area contributed by atoms with Crippen LogP contribution in [0.1, 0.15) is 66.2 Å². The maximum absolute atomic E-state index is 12.7. The van der Waals surface area contributed by atoms with Crippen LogP contribution in [0.4, 0.5) is 0 Å². The van der Waals surface area contributed by atoms with Crippen molar-refractivity contribution in [2.75, 3.05) is 11.8 Å². The van der Waals surface area contributed by atoms with E-state index in [1.54, 1.807) is 0 Å². The van der Waals surface area contributed by atoms with Gasteiger partial charge in [-0.15, -0.1) is 23.5 Å². The van der Waals surface area contributed by atoms with E-state index in [4.69, 9.17) is 0 Å². The lowest BCUT2D eigenvalue weighted by atomic mass is 9.75. The van der Waals surface area contributed by atoms with Gasteiger partial charge in [-0.3, -0.25) is 9.59 Å². The van der Waals surface area contributed by atoms with Gasteiger partial charge >= 0.3 is 0 Å². The number of benzene rings is 2. The van der Waals surface area contributed by atoms with Crippen molar-refractivity contribution < 1.29 is 26.4 Å². The van der Waals surface area contributed by atoms with Gasteiger partial charge in [-0.05, 0) is 73.6 Å². The van der Waals surface area contributed by atoms with Crippen LogP contribution >= 0.6 is 23.5 Å². The van der Waals surface area contributed by atoms with Gasteiger partial charge in [0, 0.05) is 20.9 Å². The van der Waals surface area contributed by atoms with Crippen molar-refractivity contribution in [1.29, 1.82) is 0 Å². The minimum Gasteiger partial charge on any atom is -0.268 e. The minimum atomic E-state index is -3.64. The van der Waals surface area contributed by atoms with Crippen molar-refractivity contribution in [3.05, 3.63) is 81.6 Å². The fraction of sp³-hybridized carbons (Fsp3) is 0.438. The number of allylic oxidation sites excluding steroid dienone is 2. The van der Waals surface area contributed by atoms with E-state index in [9.17, 15) is 26.4 Å². The molecule has 0 fully saturated rings. The maximum atomic E-state index is 12.7. The molecular formula is C32H38N2O6S4. The van der Waals surface area contributed by atoms with Crippen LogP contribution in [0, 0.1) is 10.8 Å². The van der Waals surface area contributed by atoms with Crippen LogP contribution in [0.5, 0.6) is 0 Å². The number of hydrogen-bond donors (Lipinski definition) is 0. The molecule has 0 spiro atoms. The normalized spacial score (nSPS) is 22.8. The summed E-state index contributed by atoms with van der Waals surface area (Å²) in [4.78, 5) is 27.9. The fourth-order valence-electron chi connectivity index (χ4n) is 6.26. The molecule has 2 amide bonds. The molecular weight excluding hydrogens is 637 g/mol. The standard InChI is InChI=1S/2C16H19NO3S2/c2*1-16(2)10-6-9-13-14(16)15(18)17(22(13,19)20)11-21-12-7-4-3-5-8-12/h2*3-5,7-8H,6,9-11H2,1-2H3. The van der Waals surface area contributed by atoms with E-state index < -0.39 is 20.0 Å². The number of carbonyl (C=O) groups excluding carboxylic acids is 2. The van der Waals surface area contributed by atoms with Crippen molar-refractivity contribution in [2.45, 2.75) is 76.0 Å². The van der Waals surface area contributed by atoms with E-state index in [1.165, 1.54) is 23.5 Å². The first-order valence-corrected chi connectivity index (χ1v) is 19.5. The Hall–Kier alpha value is -2.54. The molecule has 0 bridgehead atoms. The summed E-state index contributed by atoms with van der Waals surface area (Å²) in [6.07, 6.45) is 4.31. The molecule has 2 aromatic rings. The van der Waals surface area contributed by atoms with E-state index in [-0.39, 0.29) is 34.4 Å². The van der Waals surface area contributed by atoms with Gasteiger partial charge in [-0.2, -0.15) is 0 Å². The molecule has 0 unspecified atom stereocenters. The molecule has 4 aliphatic rings. The largest absolute Gasteiger partial charge is 0.268 e. The Kier molecular flexibility index (Phi) is 9.21. The van der Waals surface area contributed by atoms with E-state index in [0.29, 0.717) is 33.8 Å². The number of nitrogens with zero attached hydrogens (tertiary/aromatic N) is 2. The zero-order valence-electron chi connectivity index (χ0n) is 25.4. The number of hydrogen-bond acceptors (Lipinski definition) is 8. The predicted molar refractivity (Wildman–Crippen MR) is 175 cm³/mol. The third kappa shape index (κ3) is 6.15. The van der Waals surface area contributed by atoms with Crippen LogP contribution in [0.15, 0.2) is 91.4 Å². The molecule has 44 heavy (non-hydrogen) atoms. The molecule has 12 heteroatoms. The summed E-state index contributed by atoms with van der Waals surface area (Å²) in [7, 11) is -7.27. The van der Waals surface area contributed by atoms with Gasteiger partial charge in [0.25, 0.3) is 31.9 Å². The zero-order valence-corrected chi connectivity index (χ0v) is 28.7. The third-order valence-electron chi connectivity index (χ3n) is 8.59. The lowest BCUT2D eigenvalue weighted by Crippen LogP contribution is -2.33. The number of thioether (sulfide) groups is 2. The van der Waals surface area contributed by atoms with Crippen molar-refractivity contribution in [3.8, 4) is 0 Å². The summed E-state index contributed by atoms with van der Waals surface area (Å²) >= 11 is 2.74. The number of sulfonamides is 2. The van der Waals surface area contributed by atoms with Gasteiger partial charge in [0.15, 0.2) is 0 Å². The van der Waals surface area contributed by atoms with Gasteiger partial charge in [0.1, 0.15) is 0 Å². The highest BCUT2D eigenvalue weighted by atomic mass is 32.2. The maximum Gasteiger partial charge on any atom is 0.265 e. The second-order valence-corrected chi connectivity index (χ2v) is 18.4. The Bertz CT molecular complexity index is 1600. The van der Waals surface area contributed by atoms with Crippen molar-refractivity contribution in [1.82, 2.24) is 8.61 Å². The molecule has 8 nitrogen and oxygen atoms in total. The molecule has 236 valence electrons. The third-order valence-corrected chi connectivity index (χ3v) is 14.7. The number of amides is 2. The van der Waals surface area contributed by atoms with Crippen LogP contribution in [-0.2, 0) is 29.6 Å². The van der Waals surface area contributed by atoms with Gasteiger partial charge in [0.2, 0.25) is 0 Å². The van der Waals surface area contributed by atoms with E-state index >= 15 is 0 Å². The molecule has 2 aliphatic heterocycles. The second-order valence-electron chi connectivity index (χ2n) is 12.6. The zero-order chi connectivity index (χ0) is 31.9. The fourth-order valence-corrected chi connectivity index (χ4v) is 12.4. The summed E-state index contributed by atoms with van der Waals surface area (Å²) < 4.78 is 52.8. The summed E-state index contributed by atoms with van der Waals surface area (Å²) in [6.45, 7) is 7.84. The monoisotopic (exact) mass is 674 g/mol. The van der Waals surface area contributed by atoms with Crippen LogP contribution < -0.4 is 0 Å². The molecule has 2 heterocycles. The van der Waals surface area contributed by atoms with Crippen molar-refractivity contribution in [2.24, 2.45) is 10.8 Å². The van der Waals surface area contributed by atoms with Gasteiger partial charge in [-0.1, -0.05) is 64.1 Å². The highest BCUT2D eigenvalue weighted by molar-refractivity contribution is 8.01. The van der Waals surface area contributed by atoms with Crippen LogP contribution in [0.25, 0.3) is 0 Å². The summed E-state index contributed by atoms with van der Waals surface area (Å²) in [6, 6.07) is 19.1. The lowest BCUT2D eigenvalue weighted by molar-refractivity contribution is -0.123. The molecule has 0 aromatic heterocycles. The Morgan fingerprint density at radius 2 is 0.955 bits per heavy atom. The topological polar surface area (TPSA) is 109 Å². The molecule has 2 aliphatic carbocycles. The Morgan fingerprint density at radius 3 is 1.27 bits per heavy atom. The lowest BCUT2D eigenvalue weighted by Gasteiger charge is -2.29. The first-order chi connectivity index (χ1) is 20.7. The summed E-state index contributed by atoms with van der Waals surface area (Å²) in [5.41, 5.74) is 0.299. The smallest absolute Gasteiger partial charge is 0.265 e. The number of rotatable bonds is 6. The first kappa shape index (κ1) is 32.8. The highest BCUT2D eigenvalue weighted by Crippen LogP contribution is 2.49. The molecule has 6 rings (SSSR count). The van der Waals surface area contributed by atoms with Gasteiger partial charge in [0.05, 0.1) is 21.6 Å². The Labute approximate surface area is 269 Å². The second kappa shape index (κ2) is 12.3. The summed E-state index contributed by atoms with van der Waals surface area (Å²) in [5, 5.41) is 0. The molecule has 2 aromatic carbocycles. The van der Waals surface area contributed by atoms with Gasteiger partial charge < -0.3 is 0 Å². The van der Waals surface area contributed by atoms with E-state index in [1.807, 2.05) is 88.4 Å². The average Bonchev–Trinajstić information content (AvgIpc) is 3.30. The minimum absolute atomic E-state index is 0.133. The van der Waals surface area contributed by atoms with Crippen molar-refractivity contribution >= 4 is 55.4 Å². The predicted octanol–water partition coefficient (Wildman–Crippen LogP) is 6.74. The molecule has 0 N–H and O–H groups in total.